The third-order valence-electron chi connectivity index (χ3n) is 2.60. The molecule has 1 aromatic rings. The van der Waals surface area contributed by atoms with Crippen LogP contribution in [0, 0.1) is 0 Å². The van der Waals surface area contributed by atoms with Crippen LogP contribution in [0.2, 0.25) is 5.02 Å². The SMILES string of the molecule is CCCNC(=O)CNC(=O)/C=C\c1cc(Cl)ccc1OC. The Balaban J connectivity index is 2.54. The van der Waals surface area contributed by atoms with Crippen LogP contribution < -0.4 is 15.4 Å². The van der Waals surface area contributed by atoms with Crippen molar-refractivity contribution >= 4 is 29.5 Å². The van der Waals surface area contributed by atoms with Crippen LogP contribution in [0.1, 0.15) is 18.9 Å². The molecule has 0 unspecified atom stereocenters. The molecule has 0 spiro atoms. The zero-order valence-electron chi connectivity index (χ0n) is 12.1. The molecule has 114 valence electrons. The van der Waals surface area contributed by atoms with E-state index in [0.29, 0.717) is 22.9 Å². The van der Waals surface area contributed by atoms with Gasteiger partial charge in [-0.2, -0.15) is 0 Å². The van der Waals surface area contributed by atoms with E-state index < -0.39 is 0 Å². The summed E-state index contributed by atoms with van der Waals surface area (Å²) >= 11 is 5.90. The van der Waals surface area contributed by atoms with Crippen LogP contribution in [0.15, 0.2) is 24.3 Å². The van der Waals surface area contributed by atoms with E-state index in [1.54, 1.807) is 31.4 Å². The Bertz CT molecular complexity index is 530. The second-order valence-electron chi connectivity index (χ2n) is 4.29. The van der Waals surface area contributed by atoms with Crippen molar-refractivity contribution in [1.29, 1.82) is 0 Å². The fourth-order valence-corrected chi connectivity index (χ4v) is 1.73. The van der Waals surface area contributed by atoms with Gasteiger partial charge in [-0.3, -0.25) is 9.59 Å². The molecular formula is C15H19ClN2O3. The Hall–Kier alpha value is -2.01. The van der Waals surface area contributed by atoms with Crippen LogP contribution >= 0.6 is 11.6 Å². The van der Waals surface area contributed by atoms with Crippen molar-refractivity contribution in [3.63, 3.8) is 0 Å². The second-order valence-corrected chi connectivity index (χ2v) is 4.72. The van der Waals surface area contributed by atoms with Gasteiger partial charge in [-0.1, -0.05) is 18.5 Å². The first kappa shape index (κ1) is 17.0. The van der Waals surface area contributed by atoms with Gasteiger partial charge in [-0.25, -0.2) is 0 Å². The maximum Gasteiger partial charge on any atom is 0.244 e. The maximum atomic E-state index is 11.6. The zero-order valence-corrected chi connectivity index (χ0v) is 12.9. The van der Waals surface area contributed by atoms with Gasteiger partial charge in [0.05, 0.1) is 13.7 Å². The summed E-state index contributed by atoms with van der Waals surface area (Å²) in [7, 11) is 1.54. The predicted molar refractivity (Wildman–Crippen MR) is 83.3 cm³/mol. The summed E-state index contributed by atoms with van der Waals surface area (Å²) < 4.78 is 5.17. The molecule has 0 aromatic heterocycles. The quantitative estimate of drug-likeness (QED) is 0.757. The molecule has 1 rings (SSSR count). The second kappa shape index (κ2) is 9.02. The number of hydrogen-bond donors (Lipinski definition) is 2. The molecule has 0 heterocycles. The number of methoxy groups -OCH3 is 1. The summed E-state index contributed by atoms with van der Waals surface area (Å²) in [5.41, 5.74) is 0.690. The summed E-state index contributed by atoms with van der Waals surface area (Å²) in [5.74, 6) is 0.0479. The van der Waals surface area contributed by atoms with Gasteiger partial charge in [0.2, 0.25) is 11.8 Å². The number of hydrogen-bond acceptors (Lipinski definition) is 3. The van der Waals surface area contributed by atoms with E-state index >= 15 is 0 Å². The molecule has 0 fully saturated rings. The van der Waals surface area contributed by atoms with Gasteiger partial charge in [-0.15, -0.1) is 0 Å². The average Bonchev–Trinajstić information content (AvgIpc) is 2.48. The van der Waals surface area contributed by atoms with Crippen LogP contribution in [0.5, 0.6) is 5.75 Å². The summed E-state index contributed by atoms with van der Waals surface area (Å²) in [5, 5.41) is 5.72. The minimum absolute atomic E-state index is 0.0458. The highest BCUT2D eigenvalue weighted by atomic mass is 35.5. The number of halogens is 1. The Morgan fingerprint density at radius 3 is 2.76 bits per heavy atom. The van der Waals surface area contributed by atoms with E-state index in [4.69, 9.17) is 16.3 Å². The first-order valence-electron chi connectivity index (χ1n) is 6.63. The Kier molecular flexibility index (Phi) is 7.32. The van der Waals surface area contributed by atoms with Gasteiger partial charge in [0.1, 0.15) is 5.75 Å². The first-order chi connectivity index (χ1) is 10.1. The normalized spacial score (nSPS) is 10.4. The topological polar surface area (TPSA) is 67.4 Å². The van der Waals surface area contributed by atoms with Crippen molar-refractivity contribution in [2.45, 2.75) is 13.3 Å². The van der Waals surface area contributed by atoms with Crippen molar-refractivity contribution < 1.29 is 14.3 Å². The molecule has 0 radical (unpaired) electrons. The molecule has 1 aromatic carbocycles. The average molecular weight is 311 g/mol. The number of carbonyl (C=O) groups excluding carboxylic acids is 2. The number of carbonyl (C=O) groups is 2. The van der Waals surface area contributed by atoms with Crippen molar-refractivity contribution in [2.75, 3.05) is 20.2 Å². The van der Waals surface area contributed by atoms with Crippen LogP contribution in [0.3, 0.4) is 0 Å². The molecule has 0 aliphatic heterocycles. The minimum Gasteiger partial charge on any atom is -0.496 e. The van der Waals surface area contributed by atoms with Gasteiger partial charge in [-0.05, 0) is 30.7 Å². The lowest BCUT2D eigenvalue weighted by Crippen LogP contribution is -2.36. The zero-order chi connectivity index (χ0) is 15.7. The first-order valence-corrected chi connectivity index (χ1v) is 7.00. The van der Waals surface area contributed by atoms with Crippen molar-refractivity contribution in [2.24, 2.45) is 0 Å². The highest BCUT2D eigenvalue weighted by molar-refractivity contribution is 6.30. The minimum atomic E-state index is -0.358. The molecule has 0 bridgehead atoms. The largest absolute Gasteiger partial charge is 0.496 e. The predicted octanol–water partition coefficient (Wildman–Crippen LogP) is 2.00. The molecule has 0 atom stereocenters. The number of benzene rings is 1. The summed E-state index contributed by atoms with van der Waals surface area (Å²) in [6, 6.07) is 5.12. The van der Waals surface area contributed by atoms with Gasteiger partial charge in [0.25, 0.3) is 0 Å². The number of ether oxygens (including phenoxy) is 1. The number of rotatable bonds is 7. The highest BCUT2D eigenvalue weighted by Gasteiger charge is 2.04. The van der Waals surface area contributed by atoms with Crippen LogP contribution in [0.4, 0.5) is 0 Å². The molecule has 2 amide bonds. The van der Waals surface area contributed by atoms with E-state index in [0.717, 1.165) is 6.42 Å². The molecule has 2 N–H and O–H groups in total. The molecule has 0 aliphatic rings. The summed E-state index contributed by atoms with van der Waals surface area (Å²) in [6.07, 6.45) is 3.78. The summed E-state index contributed by atoms with van der Waals surface area (Å²) in [6.45, 7) is 2.51. The molecule has 5 nitrogen and oxygen atoms in total. The molecular weight excluding hydrogens is 292 g/mol. The van der Waals surface area contributed by atoms with Crippen LogP contribution in [0.25, 0.3) is 6.08 Å². The van der Waals surface area contributed by atoms with Crippen molar-refractivity contribution in [3.05, 3.63) is 34.9 Å². The Morgan fingerprint density at radius 1 is 1.33 bits per heavy atom. The van der Waals surface area contributed by atoms with Crippen LogP contribution in [-0.2, 0) is 9.59 Å². The number of amides is 2. The van der Waals surface area contributed by atoms with Gasteiger partial charge in [0.15, 0.2) is 0 Å². The molecule has 0 saturated carbocycles. The monoisotopic (exact) mass is 310 g/mol. The lowest BCUT2D eigenvalue weighted by Gasteiger charge is -2.05. The Labute approximate surface area is 129 Å². The molecule has 0 saturated heterocycles. The van der Waals surface area contributed by atoms with Gasteiger partial charge in [0, 0.05) is 23.2 Å². The smallest absolute Gasteiger partial charge is 0.244 e. The van der Waals surface area contributed by atoms with Crippen molar-refractivity contribution in [1.82, 2.24) is 10.6 Å². The van der Waals surface area contributed by atoms with Gasteiger partial charge >= 0.3 is 0 Å². The third-order valence-corrected chi connectivity index (χ3v) is 2.84. The lowest BCUT2D eigenvalue weighted by molar-refractivity contribution is -0.123. The standard InChI is InChI=1S/C15H19ClN2O3/c1-3-8-17-15(20)10-18-14(19)7-4-11-9-12(16)5-6-13(11)21-2/h4-7,9H,3,8,10H2,1-2H3,(H,17,20)(H,18,19)/b7-4-. The van der Waals surface area contributed by atoms with E-state index in [9.17, 15) is 9.59 Å². The fraction of sp³-hybridized carbons (Fsp3) is 0.333. The number of nitrogens with one attached hydrogen (secondary N) is 2. The summed E-state index contributed by atoms with van der Waals surface area (Å²) in [4.78, 5) is 23.0. The maximum absolute atomic E-state index is 11.6. The van der Waals surface area contributed by atoms with E-state index in [1.165, 1.54) is 6.08 Å². The van der Waals surface area contributed by atoms with E-state index in [1.807, 2.05) is 6.92 Å². The van der Waals surface area contributed by atoms with E-state index in [2.05, 4.69) is 10.6 Å². The van der Waals surface area contributed by atoms with Crippen molar-refractivity contribution in [3.8, 4) is 5.75 Å². The molecule has 0 aliphatic carbocycles. The van der Waals surface area contributed by atoms with Gasteiger partial charge < -0.3 is 15.4 Å². The Morgan fingerprint density at radius 2 is 2.10 bits per heavy atom. The highest BCUT2D eigenvalue weighted by Crippen LogP contribution is 2.23. The fourth-order valence-electron chi connectivity index (χ4n) is 1.55. The van der Waals surface area contributed by atoms with Crippen LogP contribution in [-0.4, -0.2) is 32.0 Å². The van der Waals surface area contributed by atoms with E-state index in [-0.39, 0.29) is 18.4 Å². The third kappa shape index (κ3) is 6.31. The lowest BCUT2D eigenvalue weighted by atomic mass is 10.2. The molecule has 21 heavy (non-hydrogen) atoms. The molecule has 6 heteroatoms.